The number of nitrogens with zero attached hydrogens (tertiary/aromatic N) is 2. The second-order valence-corrected chi connectivity index (χ2v) is 5.91. The van der Waals surface area contributed by atoms with Crippen molar-refractivity contribution in [3.8, 4) is 0 Å². The smallest absolute Gasteiger partial charge is 0.0916 e. The third-order valence-electron chi connectivity index (χ3n) is 3.94. The number of rotatable bonds is 5. The summed E-state index contributed by atoms with van der Waals surface area (Å²) in [5.74, 6) is 0. The topological polar surface area (TPSA) is 3.24 Å². The molecular weight excluding hydrogens is 414 g/mol. The highest BCUT2D eigenvalue weighted by Gasteiger charge is 2.37. The minimum absolute atomic E-state index is 0. The number of piperazine rings is 3. The maximum Gasteiger partial charge on any atom is 0.0916 e. The Hall–Kier alpha value is 1.38. The number of alkyl halides is 1. The molecule has 0 atom stereocenters. The molecule has 0 aromatic carbocycles. The first-order valence-corrected chi connectivity index (χ1v) is 7.51. The third kappa shape index (κ3) is 3.96. The summed E-state index contributed by atoms with van der Waals surface area (Å²) < 4.78 is 2.79. The highest BCUT2D eigenvalue weighted by molar-refractivity contribution is 14.1. The number of halogens is 2. The fourth-order valence-corrected chi connectivity index (χ4v) is 3.32. The molecule has 3 aliphatic rings. The van der Waals surface area contributed by atoms with Crippen LogP contribution in [0, 0.1) is 0 Å². The van der Waals surface area contributed by atoms with Crippen molar-refractivity contribution < 1.29 is 4.48 Å². The van der Waals surface area contributed by atoms with Gasteiger partial charge in [0.05, 0.1) is 26.2 Å². The summed E-state index contributed by atoms with van der Waals surface area (Å²) in [7, 11) is 0. The fraction of sp³-hybridized carbons (Fsp3) is 1.00. The number of quaternary nitrogens is 1. The molecule has 4 heteroatoms. The van der Waals surface area contributed by atoms with Crippen LogP contribution in [0.4, 0.5) is 0 Å². The van der Waals surface area contributed by atoms with Crippen LogP contribution in [0.1, 0.15) is 19.3 Å². The van der Waals surface area contributed by atoms with Crippen molar-refractivity contribution >= 4 is 46.6 Å². The van der Waals surface area contributed by atoms with Gasteiger partial charge in [0, 0.05) is 19.6 Å². The van der Waals surface area contributed by atoms with Gasteiger partial charge in [-0.25, -0.2) is 0 Å². The lowest BCUT2D eigenvalue weighted by molar-refractivity contribution is -0.941. The Kier molecular flexibility index (Phi) is 6.70. The normalized spacial score (nSPS) is 33.8. The van der Waals surface area contributed by atoms with E-state index >= 15 is 0 Å². The van der Waals surface area contributed by atoms with Crippen LogP contribution >= 0.6 is 46.6 Å². The third-order valence-corrected chi connectivity index (χ3v) is 4.70. The van der Waals surface area contributed by atoms with Gasteiger partial charge in [0.1, 0.15) is 0 Å². The van der Waals surface area contributed by atoms with Gasteiger partial charge in [-0.2, -0.15) is 0 Å². The average molecular weight is 437 g/mol. The van der Waals surface area contributed by atoms with E-state index in [1.54, 1.807) is 0 Å². The number of fused-ring (bicyclic) bond motifs is 3. The molecule has 3 heterocycles. The number of hydrogen-bond donors (Lipinski definition) is 0. The standard InChI is InChI=1S/C11H22IN2.HI/c12-4-2-1-3-8-14-9-5-13(6-10-14)7-11-14;/h1-11H2;1H/q+1;. The quantitative estimate of drug-likeness (QED) is 0.277. The van der Waals surface area contributed by atoms with E-state index in [0.29, 0.717) is 0 Å². The predicted octanol–water partition coefficient (Wildman–Crippen LogP) is 2.36. The van der Waals surface area contributed by atoms with Crippen LogP contribution in [0.25, 0.3) is 0 Å². The molecular formula is C11H23I2N2+. The first-order chi connectivity index (χ1) is 6.85. The van der Waals surface area contributed by atoms with E-state index in [1.165, 1.54) is 74.0 Å². The minimum atomic E-state index is 0. The van der Waals surface area contributed by atoms with E-state index in [0.717, 1.165) is 0 Å². The van der Waals surface area contributed by atoms with Gasteiger partial charge in [-0.15, -0.1) is 24.0 Å². The van der Waals surface area contributed by atoms with Gasteiger partial charge in [0.25, 0.3) is 0 Å². The molecule has 3 rings (SSSR count). The molecule has 2 nitrogen and oxygen atoms in total. The van der Waals surface area contributed by atoms with Crippen molar-refractivity contribution in [2.75, 3.05) is 50.2 Å². The molecule has 0 aromatic heterocycles. The van der Waals surface area contributed by atoms with Crippen molar-refractivity contribution in [1.82, 2.24) is 4.90 Å². The SMILES string of the molecule is I.ICCCCC[N+]12CCN(CC1)CC2. The molecule has 0 amide bonds. The molecule has 90 valence electrons. The van der Waals surface area contributed by atoms with Gasteiger partial charge in [-0.05, 0) is 23.7 Å². The van der Waals surface area contributed by atoms with E-state index < -0.39 is 0 Å². The summed E-state index contributed by atoms with van der Waals surface area (Å²) in [5, 5.41) is 0. The Labute approximate surface area is 125 Å². The lowest BCUT2D eigenvalue weighted by Gasteiger charge is -2.50. The number of hydrogen-bond acceptors (Lipinski definition) is 1. The zero-order chi connectivity index (χ0) is 9.86. The summed E-state index contributed by atoms with van der Waals surface area (Å²) in [6, 6.07) is 0. The highest BCUT2D eigenvalue weighted by atomic mass is 127. The van der Waals surface area contributed by atoms with E-state index in [4.69, 9.17) is 0 Å². The Morgan fingerprint density at radius 1 is 0.933 bits per heavy atom. The minimum Gasteiger partial charge on any atom is -0.320 e. The molecule has 3 aliphatic heterocycles. The maximum absolute atomic E-state index is 2.63. The van der Waals surface area contributed by atoms with Crippen LogP contribution in [0.2, 0.25) is 0 Å². The molecule has 0 N–H and O–H groups in total. The van der Waals surface area contributed by atoms with Gasteiger partial charge < -0.3 is 4.48 Å². The second-order valence-electron chi connectivity index (χ2n) is 4.83. The van der Waals surface area contributed by atoms with Crippen molar-refractivity contribution in [2.24, 2.45) is 0 Å². The molecule has 0 aliphatic carbocycles. The molecule has 3 fully saturated rings. The molecule has 0 aromatic rings. The average Bonchev–Trinajstić information content (AvgIpc) is 2.27. The van der Waals surface area contributed by atoms with Crippen molar-refractivity contribution in [2.45, 2.75) is 19.3 Å². The zero-order valence-electron chi connectivity index (χ0n) is 9.46. The van der Waals surface area contributed by atoms with Crippen molar-refractivity contribution in [3.05, 3.63) is 0 Å². The monoisotopic (exact) mass is 437 g/mol. The summed E-state index contributed by atoms with van der Waals surface area (Å²) >= 11 is 2.49. The molecule has 15 heavy (non-hydrogen) atoms. The summed E-state index contributed by atoms with van der Waals surface area (Å²) in [6.45, 7) is 9.87. The highest BCUT2D eigenvalue weighted by Crippen LogP contribution is 2.20. The van der Waals surface area contributed by atoms with Gasteiger partial charge >= 0.3 is 0 Å². The second kappa shape index (κ2) is 6.96. The largest absolute Gasteiger partial charge is 0.320 e. The Bertz CT molecular complexity index is 166. The Morgan fingerprint density at radius 2 is 1.53 bits per heavy atom. The summed E-state index contributed by atoms with van der Waals surface area (Å²) in [6.07, 6.45) is 4.34. The first-order valence-electron chi connectivity index (χ1n) is 5.98. The van der Waals surface area contributed by atoms with Crippen LogP contribution in [0.5, 0.6) is 0 Å². The summed E-state index contributed by atoms with van der Waals surface area (Å²) in [4.78, 5) is 2.63. The predicted molar refractivity (Wildman–Crippen MR) is 84.3 cm³/mol. The van der Waals surface area contributed by atoms with Gasteiger partial charge in [0.15, 0.2) is 0 Å². The van der Waals surface area contributed by atoms with Crippen LogP contribution in [-0.4, -0.2) is 59.6 Å². The lowest BCUT2D eigenvalue weighted by atomic mass is 10.1. The van der Waals surface area contributed by atoms with Crippen LogP contribution in [-0.2, 0) is 0 Å². The summed E-state index contributed by atoms with van der Waals surface area (Å²) in [5.41, 5.74) is 0. The molecule has 3 saturated heterocycles. The van der Waals surface area contributed by atoms with Crippen LogP contribution in [0.3, 0.4) is 0 Å². The van der Waals surface area contributed by atoms with E-state index in [9.17, 15) is 0 Å². The van der Waals surface area contributed by atoms with Gasteiger partial charge in [-0.1, -0.05) is 22.6 Å². The lowest BCUT2D eigenvalue weighted by Crippen LogP contribution is -2.67. The maximum atomic E-state index is 2.63. The Morgan fingerprint density at radius 3 is 2.07 bits per heavy atom. The first kappa shape index (κ1) is 14.4. The van der Waals surface area contributed by atoms with Crippen LogP contribution < -0.4 is 0 Å². The van der Waals surface area contributed by atoms with Crippen molar-refractivity contribution in [1.29, 1.82) is 0 Å². The fourth-order valence-electron chi connectivity index (χ4n) is 2.79. The zero-order valence-corrected chi connectivity index (χ0v) is 13.9. The van der Waals surface area contributed by atoms with E-state index in [1.807, 2.05) is 0 Å². The molecule has 0 unspecified atom stereocenters. The van der Waals surface area contributed by atoms with Crippen LogP contribution in [0.15, 0.2) is 0 Å². The molecule has 0 spiro atoms. The van der Waals surface area contributed by atoms with Gasteiger partial charge in [0.2, 0.25) is 0 Å². The Balaban J connectivity index is 0.00000112. The van der Waals surface area contributed by atoms with Gasteiger partial charge in [-0.3, -0.25) is 4.90 Å². The molecule has 2 bridgehead atoms. The molecule has 0 radical (unpaired) electrons. The number of unbranched alkanes of at least 4 members (excludes halogenated alkanes) is 2. The van der Waals surface area contributed by atoms with E-state index in [2.05, 4.69) is 27.5 Å². The van der Waals surface area contributed by atoms with E-state index in [-0.39, 0.29) is 24.0 Å². The molecule has 0 saturated carbocycles. The van der Waals surface area contributed by atoms with Crippen molar-refractivity contribution in [3.63, 3.8) is 0 Å².